The van der Waals surface area contributed by atoms with Crippen LogP contribution in [0.4, 0.5) is 8.78 Å². The number of halogens is 4. The molecule has 6 heteroatoms. The van der Waals surface area contributed by atoms with Gasteiger partial charge in [0.1, 0.15) is 11.6 Å². The summed E-state index contributed by atoms with van der Waals surface area (Å²) in [6, 6.07) is 0.858. The van der Waals surface area contributed by atoms with Crippen molar-refractivity contribution in [1.29, 1.82) is 0 Å². The van der Waals surface area contributed by atoms with E-state index in [1.54, 1.807) is 6.92 Å². The highest BCUT2D eigenvalue weighted by Crippen LogP contribution is 2.31. The molecule has 1 aromatic rings. The average molecular weight is 300 g/mol. The predicted octanol–water partition coefficient (Wildman–Crippen LogP) is 3.45. The lowest BCUT2D eigenvalue weighted by Crippen LogP contribution is -2.32. The average Bonchev–Trinajstić information content (AvgIpc) is 2.32. The van der Waals surface area contributed by atoms with E-state index in [1.807, 2.05) is 6.92 Å². The molecule has 1 aromatic carbocycles. The Balaban J connectivity index is 0.00000289. The van der Waals surface area contributed by atoms with Crippen molar-refractivity contribution in [3.63, 3.8) is 0 Å². The van der Waals surface area contributed by atoms with Gasteiger partial charge in [0.05, 0.1) is 17.2 Å². The Labute approximate surface area is 117 Å². The molecule has 0 fully saturated rings. The van der Waals surface area contributed by atoms with Crippen LogP contribution in [0.1, 0.15) is 31.9 Å². The lowest BCUT2D eigenvalue weighted by molar-refractivity contribution is 0.0867. The Morgan fingerprint density at radius 1 is 1.33 bits per heavy atom. The minimum atomic E-state index is -1.03. The number of benzene rings is 1. The molecular formula is C12H17Cl2F2NO. The van der Waals surface area contributed by atoms with Gasteiger partial charge in [-0.1, -0.05) is 31.9 Å². The Bertz CT molecular complexity index is 404. The van der Waals surface area contributed by atoms with Gasteiger partial charge in [0.15, 0.2) is 0 Å². The molecule has 0 heterocycles. The molecule has 3 atom stereocenters. The molecule has 104 valence electrons. The maximum absolute atomic E-state index is 13.6. The van der Waals surface area contributed by atoms with E-state index in [0.717, 1.165) is 12.1 Å². The van der Waals surface area contributed by atoms with E-state index in [0.29, 0.717) is 6.42 Å². The lowest BCUT2D eigenvalue weighted by Gasteiger charge is -2.25. The van der Waals surface area contributed by atoms with E-state index in [-0.39, 0.29) is 28.9 Å². The first-order valence-electron chi connectivity index (χ1n) is 5.47. The van der Waals surface area contributed by atoms with Gasteiger partial charge in [0, 0.05) is 5.56 Å². The number of aliphatic hydroxyl groups is 1. The molecule has 18 heavy (non-hydrogen) atoms. The molecule has 0 aliphatic carbocycles. The van der Waals surface area contributed by atoms with Gasteiger partial charge in [-0.2, -0.15) is 0 Å². The number of nitrogens with two attached hydrogens (primary N) is 1. The van der Waals surface area contributed by atoms with Crippen LogP contribution in [0.3, 0.4) is 0 Å². The summed E-state index contributed by atoms with van der Waals surface area (Å²) in [4.78, 5) is 0. The van der Waals surface area contributed by atoms with Crippen LogP contribution in [-0.4, -0.2) is 11.2 Å². The lowest BCUT2D eigenvalue weighted by atomic mass is 9.91. The molecule has 0 bridgehead atoms. The first-order valence-corrected chi connectivity index (χ1v) is 5.85. The number of aliphatic hydroxyl groups excluding tert-OH is 1. The van der Waals surface area contributed by atoms with Crippen LogP contribution >= 0.6 is 24.0 Å². The molecule has 0 amide bonds. The highest BCUT2D eigenvalue weighted by atomic mass is 35.5. The van der Waals surface area contributed by atoms with Crippen LogP contribution in [-0.2, 0) is 0 Å². The summed E-state index contributed by atoms with van der Waals surface area (Å²) in [5.41, 5.74) is 5.58. The van der Waals surface area contributed by atoms with Crippen molar-refractivity contribution in [3.05, 3.63) is 34.4 Å². The summed E-state index contributed by atoms with van der Waals surface area (Å²) in [5, 5.41) is 9.55. The predicted molar refractivity (Wildman–Crippen MR) is 71.0 cm³/mol. The van der Waals surface area contributed by atoms with Crippen LogP contribution in [0.2, 0.25) is 5.02 Å². The van der Waals surface area contributed by atoms with Crippen LogP contribution < -0.4 is 5.73 Å². The Hall–Kier alpha value is -0.420. The van der Waals surface area contributed by atoms with Gasteiger partial charge in [-0.05, 0) is 18.1 Å². The molecule has 0 saturated carbocycles. The highest BCUT2D eigenvalue weighted by Gasteiger charge is 2.27. The smallest absolute Gasteiger partial charge is 0.142 e. The van der Waals surface area contributed by atoms with Crippen molar-refractivity contribution >= 4 is 24.0 Å². The Morgan fingerprint density at radius 3 is 2.33 bits per heavy atom. The third kappa shape index (κ3) is 3.54. The minimum Gasteiger partial charge on any atom is -0.391 e. The van der Waals surface area contributed by atoms with Gasteiger partial charge >= 0.3 is 0 Å². The van der Waals surface area contributed by atoms with Gasteiger partial charge < -0.3 is 10.8 Å². The first kappa shape index (κ1) is 17.6. The zero-order valence-corrected chi connectivity index (χ0v) is 11.7. The van der Waals surface area contributed by atoms with Crippen molar-refractivity contribution in [2.45, 2.75) is 32.4 Å². The SMILES string of the molecule is CCC(C)[C@H](O)[C@H](N)c1c(F)ccc(F)c1Cl.Cl. The van der Waals surface area contributed by atoms with Gasteiger partial charge in [-0.3, -0.25) is 0 Å². The number of hydrogen-bond acceptors (Lipinski definition) is 2. The second-order valence-electron chi connectivity index (χ2n) is 4.16. The highest BCUT2D eigenvalue weighted by molar-refractivity contribution is 6.31. The number of rotatable bonds is 4. The van der Waals surface area contributed by atoms with Crippen LogP contribution in [0, 0.1) is 17.6 Å². The van der Waals surface area contributed by atoms with E-state index < -0.39 is 23.8 Å². The van der Waals surface area contributed by atoms with Gasteiger partial charge in [0.25, 0.3) is 0 Å². The van der Waals surface area contributed by atoms with Crippen molar-refractivity contribution in [3.8, 4) is 0 Å². The van der Waals surface area contributed by atoms with Crippen LogP contribution in [0.25, 0.3) is 0 Å². The maximum Gasteiger partial charge on any atom is 0.142 e. The normalized spacial score (nSPS) is 15.7. The molecule has 1 unspecified atom stereocenters. The van der Waals surface area contributed by atoms with E-state index >= 15 is 0 Å². The molecule has 0 aromatic heterocycles. The molecular weight excluding hydrogens is 283 g/mol. The fraction of sp³-hybridized carbons (Fsp3) is 0.500. The monoisotopic (exact) mass is 299 g/mol. The quantitative estimate of drug-likeness (QED) is 0.837. The standard InChI is InChI=1S/C12H16ClF2NO.ClH/c1-3-6(2)12(17)11(16)9-7(14)4-5-8(15)10(9)13;/h4-6,11-12,17H,3,16H2,1-2H3;1H/t6?,11-,12+;/m1./s1. The summed E-state index contributed by atoms with van der Waals surface area (Å²) in [5.74, 6) is -1.56. The zero-order chi connectivity index (χ0) is 13.2. The Kier molecular flexibility index (Phi) is 7.07. The molecule has 0 saturated heterocycles. The Morgan fingerprint density at radius 2 is 1.83 bits per heavy atom. The molecule has 1 rings (SSSR count). The molecule has 0 aliphatic rings. The fourth-order valence-corrected chi connectivity index (χ4v) is 1.89. The first-order chi connectivity index (χ1) is 7.90. The van der Waals surface area contributed by atoms with Crippen LogP contribution in [0.15, 0.2) is 12.1 Å². The second kappa shape index (κ2) is 7.24. The van der Waals surface area contributed by atoms with Crippen molar-refractivity contribution < 1.29 is 13.9 Å². The topological polar surface area (TPSA) is 46.2 Å². The zero-order valence-electron chi connectivity index (χ0n) is 10.2. The molecule has 0 aliphatic heterocycles. The van der Waals surface area contributed by atoms with E-state index in [2.05, 4.69) is 0 Å². The van der Waals surface area contributed by atoms with E-state index in [1.165, 1.54) is 0 Å². The third-order valence-corrected chi connectivity index (χ3v) is 3.39. The molecule has 0 spiro atoms. The fourth-order valence-electron chi connectivity index (χ4n) is 1.61. The van der Waals surface area contributed by atoms with E-state index in [4.69, 9.17) is 17.3 Å². The van der Waals surface area contributed by atoms with Gasteiger partial charge in [-0.25, -0.2) is 8.78 Å². The van der Waals surface area contributed by atoms with Gasteiger partial charge in [-0.15, -0.1) is 12.4 Å². The summed E-state index contributed by atoms with van der Waals surface area (Å²) in [7, 11) is 0. The summed E-state index contributed by atoms with van der Waals surface area (Å²) < 4.78 is 26.8. The summed E-state index contributed by atoms with van der Waals surface area (Å²) >= 11 is 5.68. The van der Waals surface area contributed by atoms with Crippen molar-refractivity contribution in [2.75, 3.05) is 0 Å². The second-order valence-corrected chi connectivity index (χ2v) is 4.54. The van der Waals surface area contributed by atoms with Crippen molar-refractivity contribution in [1.82, 2.24) is 0 Å². The van der Waals surface area contributed by atoms with Crippen molar-refractivity contribution in [2.24, 2.45) is 11.7 Å². The van der Waals surface area contributed by atoms with E-state index in [9.17, 15) is 13.9 Å². The third-order valence-electron chi connectivity index (χ3n) is 3.01. The number of hydrogen-bond donors (Lipinski definition) is 2. The molecule has 2 nitrogen and oxygen atoms in total. The minimum absolute atomic E-state index is 0. The molecule has 0 radical (unpaired) electrons. The summed E-state index contributed by atoms with van der Waals surface area (Å²) in [6.07, 6.45) is -0.280. The van der Waals surface area contributed by atoms with Crippen LogP contribution in [0.5, 0.6) is 0 Å². The molecule has 3 N–H and O–H groups in total. The largest absolute Gasteiger partial charge is 0.391 e. The maximum atomic E-state index is 13.6. The van der Waals surface area contributed by atoms with Gasteiger partial charge in [0.2, 0.25) is 0 Å². The summed E-state index contributed by atoms with van der Waals surface area (Å²) in [6.45, 7) is 3.67.